The minimum Gasteiger partial charge on any atom is -0.438 e. The van der Waals surface area contributed by atoms with Crippen LogP contribution in [-0.2, 0) is 0 Å². The third-order valence-corrected chi connectivity index (χ3v) is 5.16. The summed E-state index contributed by atoms with van der Waals surface area (Å²) in [5, 5.41) is 24.0. The van der Waals surface area contributed by atoms with Gasteiger partial charge in [0.15, 0.2) is 0 Å². The number of nitrogens with zero attached hydrogens (tertiary/aromatic N) is 4. The number of nitrogens with one attached hydrogen (secondary N) is 1. The molecule has 0 aliphatic carbocycles. The van der Waals surface area contributed by atoms with E-state index < -0.39 is 0 Å². The van der Waals surface area contributed by atoms with E-state index in [1.54, 1.807) is 36.4 Å². The van der Waals surface area contributed by atoms with Crippen molar-refractivity contribution >= 4 is 33.2 Å². The molecule has 0 fully saturated rings. The van der Waals surface area contributed by atoms with Gasteiger partial charge in [-0.15, -0.1) is 11.3 Å². The average Bonchev–Trinajstić information content (AvgIpc) is 3.20. The van der Waals surface area contributed by atoms with Gasteiger partial charge in [0.2, 0.25) is 11.8 Å². The molecule has 0 amide bonds. The van der Waals surface area contributed by atoms with E-state index >= 15 is 0 Å². The number of ether oxygens (including phenoxy) is 1. The van der Waals surface area contributed by atoms with Crippen molar-refractivity contribution < 1.29 is 4.74 Å². The van der Waals surface area contributed by atoms with Crippen LogP contribution in [0.15, 0.2) is 47.8 Å². The fourth-order valence-electron chi connectivity index (χ4n) is 2.99. The molecule has 6 nitrogen and oxygen atoms in total. The van der Waals surface area contributed by atoms with Crippen molar-refractivity contribution in [3.05, 3.63) is 70.1 Å². The summed E-state index contributed by atoms with van der Waals surface area (Å²) in [6, 6.07) is 16.8. The van der Waals surface area contributed by atoms with Crippen LogP contribution in [-0.4, -0.2) is 9.97 Å². The van der Waals surface area contributed by atoms with E-state index in [-0.39, 0.29) is 0 Å². The lowest BCUT2D eigenvalue weighted by molar-refractivity contribution is 0.462. The van der Waals surface area contributed by atoms with E-state index in [1.807, 2.05) is 25.3 Å². The normalized spacial score (nSPS) is 10.3. The Morgan fingerprint density at radius 1 is 0.931 bits per heavy atom. The lowest BCUT2D eigenvalue weighted by atomic mass is 10.1. The summed E-state index contributed by atoms with van der Waals surface area (Å²) in [4.78, 5) is 9.92. The number of anilines is 2. The van der Waals surface area contributed by atoms with Gasteiger partial charge < -0.3 is 10.1 Å². The molecule has 1 N–H and O–H groups in total. The van der Waals surface area contributed by atoms with Crippen molar-refractivity contribution in [3.63, 3.8) is 0 Å². The largest absolute Gasteiger partial charge is 0.438 e. The van der Waals surface area contributed by atoms with Crippen LogP contribution in [0.2, 0.25) is 0 Å². The van der Waals surface area contributed by atoms with Crippen LogP contribution in [0.5, 0.6) is 11.6 Å². The average molecular weight is 397 g/mol. The van der Waals surface area contributed by atoms with Crippen LogP contribution < -0.4 is 10.1 Å². The highest BCUT2D eigenvalue weighted by atomic mass is 32.1. The second kappa shape index (κ2) is 7.59. The summed E-state index contributed by atoms with van der Waals surface area (Å²) in [5.41, 5.74) is 3.69. The Morgan fingerprint density at radius 2 is 1.62 bits per heavy atom. The second-order valence-electron chi connectivity index (χ2n) is 6.46. The topological polar surface area (TPSA) is 94.6 Å². The maximum atomic E-state index is 9.15. The van der Waals surface area contributed by atoms with Crippen molar-refractivity contribution in [3.8, 4) is 23.8 Å². The van der Waals surface area contributed by atoms with Crippen LogP contribution in [0.3, 0.4) is 0 Å². The van der Waals surface area contributed by atoms with Gasteiger partial charge in [-0.25, -0.2) is 4.98 Å². The second-order valence-corrected chi connectivity index (χ2v) is 7.35. The van der Waals surface area contributed by atoms with Gasteiger partial charge in [-0.1, -0.05) is 0 Å². The minimum absolute atomic E-state index is 0.406. The van der Waals surface area contributed by atoms with Crippen molar-refractivity contribution in [2.24, 2.45) is 0 Å². The first kappa shape index (κ1) is 18.4. The van der Waals surface area contributed by atoms with Gasteiger partial charge in [-0.3, -0.25) is 0 Å². The number of aromatic nitrogens is 2. The molecule has 0 saturated heterocycles. The molecule has 0 saturated carbocycles. The van der Waals surface area contributed by atoms with Crippen LogP contribution in [0.4, 0.5) is 11.6 Å². The standard InChI is InChI=1S/C22H15N5OS/c1-13-9-16(12-24)10-14(2)19(13)28-20-18-7-8-29-21(18)27-22(26-20)25-17-5-3-15(11-23)4-6-17/h3-10H,1-2H3,(H,25,26,27). The van der Waals surface area contributed by atoms with Gasteiger partial charge in [0.05, 0.1) is 28.7 Å². The third-order valence-electron chi connectivity index (χ3n) is 4.35. The number of hydrogen-bond acceptors (Lipinski definition) is 7. The number of benzene rings is 2. The molecule has 0 bridgehead atoms. The van der Waals surface area contributed by atoms with Crippen LogP contribution in [0.25, 0.3) is 10.2 Å². The SMILES string of the molecule is Cc1cc(C#N)cc(C)c1Oc1nc(Nc2ccc(C#N)cc2)nc2sccc12. The first-order valence-electron chi connectivity index (χ1n) is 8.79. The van der Waals surface area contributed by atoms with Gasteiger partial charge in [-0.05, 0) is 72.8 Å². The summed E-state index contributed by atoms with van der Waals surface area (Å²) in [7, 11) is 0. The molecular weight excluding hydrogens is 382 g/mol. The first-order chi connectivity index (χ1) is 14.1. The van der Waals surface area contributed by atoms with E-state index in [0.717, 1.165) is 27.0 Å². The molecule has 2 aromatic carbocycles. The Bertz CT molecular complexity index is 1270. The lowest BCUT2D eigenvalue weighted by Crippen LogP contribution is -2.00. The molecule has 0 aliphatic rings. The van der Waals surface area contributed by atoms with Gasteiger partial charge >= 0.3 is 0 Å². The molecule has 2 heterocycles. The summed E-state index contributed by atoms with van der Waals surface area (Å²) >= 11 is 1.50. The fourth-order valence-corrected chi connectivity index (χ4v) is 3.75. The van der Waals surface area contributed by atoms with E-state index in [9.17, 15) is 0 Å². The minimum atomic E-state index is 0.406. The van der Waals surface area contributed by atoms with Crippen LogP contribution in [0, 0.1) is 36.5 Å². The zero-order valence-corrected chi connectivity index (χ0v) is 16.5. The van der Waals surface area contributed by atoms with Gasteiger partial charge in [0.25, 0.3) is 0 Å². The van der Waals surface area contributed by atoms with Crippen molar-refractivity contribution in [2.45, 2.75) is 13.8 Å². The number of hydrogen-bond donors (Lipinski definition) is 1. The number of thiophene rings is 1. The predicted octanol–water partition coefficient (Wildman–Crippen LogP) is 5.59. The lowest BCUT2D eigenvalue weighted by Gasteiger charge is -2.13. The van der Waals surface area contributed by atoms with Gasteiger partial charge in [-0.2, -0.15) is 15.5 Å². The third kappa shape index (κ3) is 3.73. The molecule has 4 aromatic rings. The molecule has 0 aliphatic heterocycles. The van der Waals surface area contributed by atoms with Gasteiger partial charge in [0, 0.05) is 5.69 Å². The Kier molecular flexibility index (Phi) is 4.82. The maximum Gasteiger partial charge on any atom is 0.232 e. The number of nitriles is 2. The summed E-state index contributed by atoms with van der Waals surface area (Å²) in [5.74, 6) is 1.53. The van der Waals surface area contributed by atoms with Crippen LogP contribution in [0.1, 0.15) is 22.3 Å². The highest BCUT2D eigenvalue weighted by molar-refractivity contribution is 7.16. The first-order valence-corrected chi connectivity index (χ1v) is 9.67. The summed E-state index contributed by atoms with van der Waals surface area (Å²) in [6.45, 7) is 3.82. The molecule has 0 atom stereocenters. The Morgan fingerprint density at radius 3 is 2.28 bits per heavy atom. The van der Waals surface area contributed by atoms with E-state index in [4.69, 9.17) is 15.3 Å². The molecule has 7 heteroatoms. The Hall–Kier alpha value is -3.94. The molecule has 0 spiro atoms. The zero-order chi connectivity index (χ0) is 20.4. The van der Waals surface area contributed by atoms with E-state index in [2.05, 4.69) is 27.4 Å². The summed E-state index contributed by atoms with van der Waals surface area (Å²) in [6.07, 6.45) is 0. The van der Waals surface area contributed by atoms with E-state index in [0.29, 0.717) is 28.7 Å². The predicted molar refractivity (Wildman–Crippen MR) is 113 cm³/mol. The zero-order valence-electron chi connectivity index (χ0n) is 15.7. The molecule has 29 heavy (non-hydrogen) atoms. The Balaban J connectivity index is 1.72. The molecular formula is C22H15N5OS. The number of rotatable bonds is 4. The van der Waals surface area contributed by atoms with Crippen molar-refractivity contribution in [1.29, 1.82) is 10.5 Å². The molecule has 0 unspecified atom stereocenters. The molecule has 2 aromatic heterocycles. The molecule has 0 radical (unpaired) electrons. The fraction of sp³-hybridized carbons (Fsp3) is 0.0909. The smallest absolute Gasteiger partial charge is 0.232 e. The highest BCUT2D eigenvalue weighted by Crippen LogP contribution is 2.35. The van der Waals surface area contributed by atoms with Crippen LogP contribution >= 0.6 is 11.3 Å². The quantitative estimate of drug-likeness (QED) is 0.482. The highest BCUT2D eigenvalue weighted by Gasteiger charge is 2.14. The Labute approximate surface area is 171 Å². The number of aryl methyl sites for hydroxylation is 2. The molecule has 4 rings (SSSR count). The van der Waals surface area contributed by atoms with E-state index in [1.165, 1.54) is 11.3 Å². The van der Waals surface area contributed by atoms with Crippen molar-refractivity contribution in [2.75, 3.05) is 5.32 Å². The summed E-state index contributed by atoms with van der Waals surface area (Å²) < 4.78 is 6.19. The monoisotopic (exact) mass is 397 g/mol. The van der Waals surface area contributed by atoms with Gasteiger partial charge in [0.1, 0.15) is 10.6 Å². The maximum absolute atomic E-state index is 9.15. The number of fused-ring (bicyclic) bond motifs is 1. The van der Waals surface area contributed by atoms with Crippen molar-refractivity contribution in [1.82, 2.24) is 9.97 Å². The molecule has 140 valence electrons.